The van der Waals surface area contributed by atoms with Gasteiger partial charge in [0, 0.05) is 24.5 Å². The van der Waals surface area contributed by atoms with Crippen LogP contribution in [0.1, 0.15) is 5.56 Å². The van der Waals surface area contributed by atoms with Crippen molar-refractivity contribution in [2.45, 2.75) is 0 Å². The fraction of sp³-hybridized carbons (Fsp3) is 0.0833. The molecule has 0 saturated heterocycles. The van der Waals surface area contributed by atoms with E-state index in [0.29, 0.717) is 4.99 Å². The van der Waals surface area contributed by atoms with Crippen LogP contribution >= 0.6 is 12.2 Å². The van der Waals surface area contributed by atoms with E-state index in [2.05, 4.69) is 10.2 Å². The van der Waals surface area contributed by atoms with E-state index in [1.807, 2.05) is 48.3 Å². The maximum atomic E-state index is 5.61. The Labute approximate surface area is 105 Å². The molecule has 2 N–H and O–H groups in total. The van der Waals surface area contributed by atoms with Gasteiger partial charge in [0.05, 0.1) is 0 Å². The van der Waals surface area contributed by atoms with Gasteiger partial charge in [-0.15, -0.1) is 5.10 Å². The molecule has 0 bridgehead atoms. The fourth-order valence-corrected chi connectivity index (χ4v) is 1.60. The van der Waals surface area contributed by atoms with Gasteiger partial charge in [0.25, 0.3) is 0 Å². The van der Waals surface area contributed by atoms with E-state index in [-0.39, 0.29) is 0 Å². The van der Waals surface area contributed by atoms with E-state index in [1.165, 1.54) is 0 Å². The second-order valence-electron chi connectivity index (χ2n) is 3.56. The zero-order valence-electron chi connectivity index (χ0n) is 9.37. The van der Waals surface area contributed by atoms with Gasteiger partial charge in [-0.3, -0.25) is 0 Å². The number of aromatic nitrogens is 2. The summed E-state index contributed by atoms with van der Waals surface area (Å²) in [5.41, 5.74) is 7.42. The topological polar surface area (TPSA) is 55.0 Å². The Morgan fingerprint density at radius 3 is 2.76 bits per heavy atom. The molecule has 17 heavy (non-hydrogen) atoms. The number of rotatable bonds is 3. The summed E-state index contributed by atoms with van der Waals surface area (Å²) in [7, 11) is 1.92. The molecule has 1 aromatic heterocycles. The van der Waals surface area contributed by atoms with Gasteiger partial charge < -0.3 is 10.6 Å². The lowest BCUT2D eigenvalue weighted by atomic mass is 10.2. The van der Waals surface area contributed by atoms with Gasteiger partial charge >= 0.3 is 0 Å². The highest BCUT2D eigenvalue weighted by Gasteiger charge is 2.06. The number of nitrogens with two attached hydrogens (primary N) is 1. The predicted molar refractivity (Wildman–Crippen MR) is 72.4 cm³/mol. The normalized spacial score (nSPS) is 9.94. The van der Waals surface area contributed by atoms with Crippen molar-refractivity contribution in [3.8, 4) is 0 Å². The standard InChI is InChI=1S/C12H12N4S/c1-16(11-6-3-7-14-15-11)10-5-2-4-9(8-10)12(13)17/h2-8H,1H3,(H2,13,17). The van der Waals surface area contributed by atoms with Crippen molar-refractivity contribution in [3.05, 3.63) is 48.2 Å². The van der Waals surface area contributed by atoms with Crippen molar-refractivity contribution in [2.24, 2.45) is 5.73 Å². The summed E-state index contributed by atoms with van der Waals surface area (Å²) in [6.45, 7) is 0. The Morgan fingerprint density at radius 1 is 1.29 bits per heavy atom. The first-order chi connectivity index (χ1) is 8.18. The monoisotopic (exact) mass is 244 g/mol. The number of thiocarbonyl (C=S) groups is 1. The van der Waals surface area contributed by atoms with Gasteiger partial charge in [0.1, 0.15) is 4.99 Å². The lowest BCUT2D eigenvalue weighted by molar-refractivity contribution is 0.987. The number of hydrogen-bond acceptors (Lipinski definition) is 4. The molecule has 0 saturated carbocycles. The van der Waals surface area contributed by atoms with Crippen LogP contribution in [0, 0.1) is 0 Å². The number of anilines is 2. The Hall–Kier alpha value is -2.01. The van der Waals surface area contributed by atoms with Crippen molar-refractivity contribution in [1.82, 2.24) is 10.2 Å². The fourth-order valence-electron chi connectivity index (χ4n) is 1.47. The average Bonchev–Trinajstić information content (AvgIpc) is 2.39. The van der Waals surface area contributed by atoms with Crippen LogP contribution in [0.2, 0.25) is 0 Å². The first-order valence-corrected chi connectivity index (χ1v) is 5.50. The summed E-state index contributed by atoms with van der Waals surface area (Å²) in [6, 6.07) is 11.4. The van der Waals surface area contributed by atoms with Crippen molar-refractivity contribution in [3.63, 3.8) is 0 Å². The van der Waals surface area contributed by atoms with Crippen molar-refractivity contribution >= 4 is 28.7 Å². The zero-order chi connectivity index (χ0) is 12.3. The van der Waals surface area contributed by atoms with Gasteiger partial charge in [-0.25, -0.2) is 0 Å². The van der Waals surface area contributed by atoms with E-state index >= 15 is 0 Å². The Kier molecular flexibility index (Phi) is 3.30. The molecule has 5 heteroatoms. The summed E-state index contributed by atoms with van der Waals surface area (Å²) < 4.78 is 0. The van der Waals surface area contributed by atoms with Crippen LogP contribution in [-0.4, -0.2) is 22.2 Å². The lowest BCUT2D eigenvalue weighted by Crippen LogP contribution is -2.14. The predicted octanol–water partition coefficient (Wildman–Crippen LogP) is 1.88. The van der Waals surface area contributed by atoms with Gasteiger partial charge in [-0.1, -0.05) is 24.4 Å². The summed E-state index contributed by atoms with van der Waals surface area (Å²) in [4.78, 5) is 2.31. The minimum Gasteiger partial charge on any atom is -0.389 e. The molecule has 1 aromatic carbocycles. The maximum absolute atomic E-state index is 5.61. The van der Waals surface area contributed by atoms with E-state index in [1.54, 1.807) is 6.20 Å². The molecular weight excluding hydrogens is 232 g/mol. The third kappa shape index (κ3) is 2.57. The number of benzene rings is 1. The van der Waals surface area contributed by atoms with Gasteiger partial charge in [-0.2, -0.15) is 5.10 Å². The number of hydrogen-bond donors (Lipinski definition) is 1. The lowest BCUT2D eigenvalue weighted by Gasteiger charge is -2.18. The van der Waals surface area contributed by atoms with E-state index in [0.717, 1.165) is 17.1 Å². The van der Waals surface area contributed by atoms with Crippen molar-refractivity contribution < 1.29 is 0 Å². The van der Waals surface area contributed by atoms with Crippen LogP contribution in [0.3, 0.4) is 0 Å². The van der Waals surface area contributed by atoms with Gasteiger partial charge in [0.2, 0.25) is 0 Å². The minimum atomic E-state index is 0.388. The van der Waals surface area contributed by atoms with Crippen molar-refractivity contribution in [2.75, 3.05) is 11.9 Å². The highest BCUT2D eigenvalue weighted by atomic mass is 32.1. The molecule has 86 valence electrons. The second-order valence-corrected chi connectivity index (χ2v) is 4.00. The molecule has 1 heterocycles. The largest absolute Gasteiger partial charge is 0.389 e. The Balaban J connectivity index is 2.34. The average molecular weight is 244 g/mol. The molecule has 0 aliphatic heterocycles. The van der Waals surface area contributed by atoms with Gasteiger partial charge in [0.15, 0.2) is 5.82 Å². The molecule has 0 radical (unpaired) electrons. The third-order valence-electron chi connectivity index (χ3n) is 2.42. The van der Waals surface area contributed by atoms with Crippen LogP contribution in [0.15, 0.2) is 42.6 Å². The molecule has 0 amide bonds. The Morgan fingerprint density at radius 2 is 2.12 bits per heavy atom. The molecule has 2 rings (SSSR count). The molecule has 0 aliphatic rings. The summed E-state index contributed by atoms with van der Waals surface area (Å²) in [5, 5.41) is 7.89. The molecule has 0 aliphatic carbocycles. The highest BCUT2D eigenvalue weighted by Crippen LogP contribution is 2.21. The SMILES string of the molecule is CN(c1cccc(C(N)=S)c1)c1cccnn1. The van der Waals surface area contributed by atoms with Gasteiger partial charge in [-0.05, 0) is 24.3 Å². The second kappa shape index (κ2) is 4.88. The van der Waals surface area contributed by atoms with E-state index in [4.69, 9.17) is 18.0 Å². The first-order valence-electron chi connectivity index (χ1n) is 5.10. The van der Waals surface area contributed by atoms with Crippen LogP contribution in [0.25, 0.3) is 0 Å². The molecule has 0 spiro atoms. The van der Waals surface area contributed by atoms with Crippen LogP contribution < -0.4 is 10.6 Å². The molecular formula is C12H12N4S. The molecule has 4 nitrogen and oxygen atoms in total. The quantitative estimate of drug-likeness (QED) is 0.835. The number of nitrogens with zero attached hydrogens (tertiary/aromatic N) is 3. The van der Waals surface area contributed by atoms with Crippen molar-refractivity contribution in [1.29, 1.82) is 0 Å². The zero-order valence-corrected chi connectivity index (χ0v) is 10.2. The summed E-state index contributed by atoms with van der Waals surface area (Å²) in [5.74, 6) is 0.771. The van der Waals surface area contributed by atoms with Crippen LogP contribution in [0.4, 0.5) is 11.5 Å². The van der Waals surface area contributed by atoms with E-state index < -0.39 is 0 Å². The molecule has 0 atom stereocenters. The molecule has 0 unspecified atom stereocenters. The first kappa shape index (κ1) is 11.5. The van der Waals surface area contributed by atoms with Crippen LogP contribution in [0.5, 0.6) is 0 Å². The van der Waals surface area contributed by atoms with E-state index in [9.17, 15) is 0 Å². The highest BCUT2D eigenvalue weighted by molar-refractivity contribution is 7.80. The maximum Gasteiger partial charge on any atom is 0.155 e. The Bertz CT molecular complexity index is 527. The summed E-state index contributed by atoms with van der Waals surface area (Å²) >= 11 is 4.96. The molecule has 2 aromatic rings. The summed E-state index contributed by atoms with van der Waals surface area (Å²) in [6.07, 6.45) is 1.64. The minimum absolute atomic E-state index is 0.388. The van der Waals surface area contributed by atoms with Crippen LogP contribution in [-0.2, 0) is 0 Å². The molecule has 0 fully saturated rings. The smallest absolute Gasteiger partial charge is 0.155 e. The third-order valence-corrected chi connectivity index (χ3v) is 2.66.